The van der Waals surface area contributed by atoms with E-state index in [0.717, 1.165) is 22.4 Å². The average Bonchev–Trinajstić information content (AvgIpc) is 3.59. The monoisotopic (exact) mass is 612 g/mol. The molecular formula is C28H23F3N6O3S2. The van der Waals surface area contributed by atoms with Crippen LogP contribution in [0, 0.1) is 6.92 Å². The summed E-state index contributed by atoms with van der Waals surface area (Å²) in [5.74, 6) is 1.03. The lowest BCUT2D eigenvalue weighted by atomic mass is 10.1. The minimum Gasteiger partial charge on any atom is -0.497 e. The van der Waals surface area contributed by atoms with Gasteiger partial charge in [0.15, 0.2) is 16.1 Å². The number of hydrogen-bond acceptors (Lipinski definition) is 7. The zero-order chi connectivity index (χ0) is 29.9. The van der Waals surface area contributed by atoms with Crippen molar-refractivity contribution < 1.29 is 27.4 Å². The fourth-order valence-corrected chi connectivity index (χ4v) is 5.17. The molecule has 1 saturated heterocycles. The Morgan fingerprint density at radius 2 is 1.81 bits per heavy atom. The summed E-state index contributed by atoms with van der Waals surface area (Å²) >= 11 is 6.76. The second-order valence-electron chi connectivity index (χ2n) is 8.97. The van der Waals surface area contributed by atoms with Crippen LogP contribution < -0.4 is 19.7 Å². The maximum atomic E-state index is 12.6. The van der Waals surface area contributed by atoms with Gasteiger partial charge in [0.25, 0.3) is 0 Å². The van der Waals surface area contributed by atoms with Gasteiger partial charge in [-0.25, -0.2) is 9.67 Å². The summed E-state index contributed by atoms with van der Waals surface area (Å²) in [4.78, 5) is 23.0. The lowest BCUT2D eigenvalue weighted by molar-refractivity contribution is -0.274. The molecule has 2 heterocycles. The number of thiocarbonyl (C=S) groups is 1. The number of carbonyl (C=O) groups excluding carboxylic acids is 1. The quantitative estimate of drug-likeness (QED) is 0.267. The lowest BCUT2D eigenvalue weighted by Gasteiger charge is -2.19. The number of alkyl halides is 3. The van der Waals surface area contributed by atoms with Crippen LogP contribution in [0.5, 0.6) is 11.5 Å². The van der Waals surface area contributed by atoms with Crippen LogP contribution in [0.2, 0.25) is 0 Å². The predicted molar refractivity (Wildman–Crippen MR) is 158 cm³/mol. The Labute approximate surface area is 248 Å². The van der Waals surface area contributed by atoms with Crippen LogP contribution in [0.4, 0.5) is 18.9 Å². The van der Waals surface area contributed by atoms with E-state index in [4.69, 9.17) is 17.0 Å². The number of rotatable bonds is 7. The Morgan fingerprint density at radius 1 is 1.10 bits per heavy atom. The molecule has 0 saturated carbocycles. The fourth-order valence-electron chi connectivity index (χ4n) is 4.08. The van der Waals surface area contributed by atoms with Gasteiger partial charge in [-0.2, -0.15) is 4.99 Å². The standard InChI is InChI=1S/C28H23F3N6O3S2/c1-17-13-22(39-2)11-12-23(17)37-24(38)15-42-27(37)34-26(41)32-14-18-3-5-19(6-4-18)25-33-16-36(35-25)20-7-9-21(10-8-20)40-28(29,30)31/h3-13,16H,14-15H2,1-2H3,(H,32,41)/b34-27-. The van der Waals surface area contributed by atoms with E-state index in [9.17, 15) is 18.0 Å². The molecular weight excluding hydrogens is 589 g/mol. The van der Waals surface area contributed by atoms with Crippen LogP contribution in [0.15, 0.2) is 78.0 Å². The highest BCUT2D eigenvalue weighted by Gasteiger charge is 2.32. The van der Waals surface area contributed by atoms with Gasteiger partial charge in [0.2, 0.25) is 5.91 Å². The van der Waals surface area contributed by atoms with Gasteiger partial charge in [-0.15, -0.1) is 18.3 Å². The topological polar surface area (TPSA) is 93.9 Å². The fraction of sp³-hybridized carbons (Fsp3) is 0.179. The number of aromatic nitrogens is 3. The zero-order valence-corrected chi connectivity index (χ0v) is 23.9. The normalized spacial score (nSPS) is 14.4. The summed E-state index contributed by atoms with van der Waals surface area (Å²) in [6.07, 6.45) is -3.28. The van der Waals surface area contributed by atoms with E-state index in [2.05, 4.69) is 25.1 Å². The first-order valence-electron chi connectivity index (χ1n) is 12.4. The molecule has 0 unspecified atom stereocenters. The number of nitrogens with one attached hydrogen (secondary N) is 1. The highest BCUT2D eigenvalue weighted by atomic mass is 32.2. The second-order valence-corrected chi connectivity index (χ2v) is 10.3. The Balaban J connectivity index is 1.20. The van der Waals surface area contributed by atoms with Crippen molar-refractivity contribution in [1.29, 1.82) is 0 Å². The molecule has 0 radical (unpaired) electrons. The molecule has 14 heteroatoms. The predicted octanol–water partition coefficient (Wildman–Crippen LogP) is 5.66. The van der Waals surface area contributed by atoms with Crippen molar-refractivity contribution in [3.05, 3.63) is 84.2 Å². The number of amides is 1. The van der Waals surface area contributed by atoms with Crippen molar-refractivity contribution in [1.82, 2.24) is 20.1 Å². The molecule has 1 aliphatic heterocycles. The maximum absolute atomic E-state index is 12.6. The molecule has 3 aromatic carbocycles. The van der Waals surface area contributed by atoms with Gasteiger partial charge in [0.05, 0.1) is 24.2 Å². The largest absolute Gasteiger partial charge is 0.573 e. The van der Waals surface area contributed by atoms with E-state index in [1.807, 2.05) is 43.3 Å². The lowest BCUT2D eigenvalue weighted by Crippen LogP contribution is -2.31. The first-order valence-corrected chi connectivity index (χ1v) is 13.8. The first kappa shape index (κ1) is 29.1. The Hall–Kier alpha value is -4.43. The molecule has 5 rings (SSSR count). The number of thioether (sulfide) groups is 1. The first-order chi connectivity index (χ1) is 20.1. The molecule has 216 valence electrons. The molecule has 1 aliphatic rings. The highest BCUT2D eigenvalue weighted by molar-refractivity contribution is 8.15. The number of aryl methyl sites for hydroxylation is 1. The van der Waals surface area contributed by atoms with Crippen LogP contribution in [0.25, 0.3) is 17.1 Å². The molecule has 1 N–H and O–H groups in total. The number of benzene rings is 3. The SMILES string of the molecule is COc1ccc(N2C(=O)CS/C2=N\C(=S)NCc2ccc(-c3ncn(-c4ccc(OC(F)(F)F)cc4)n3)cc2)c(C)c1. The van der Waals surface area contributed by atoms with Gasteiger partial charge >= 0.3 is 6.36 Å². The molecule has 0 atom stereocenters. The summed E-state index contributed by atoms with van der Waals surface area (Å²) in [5, 5.41) is 8.28. The van der Waals surface area contributed by atoms with Gasteiger partial charge in [-0.3, -0.25) is 9.69 Å². The number of halogens is 3. The van der Waals surface area contributed by atoms with Gasteiger partial charge in [-0.1, -0.05) is 36.0 Å². The number of carbonyl (C=O) groups is 1. The summed E-state index contributed by atoms with van der Waals surface area (Å²) in [5.41, 5.74) is 3.82. The van der Waals surface area contributed by atoms with Crippen molar-refractivity contribution >= 4 is 45.9 Å². The van der Waals surface area contributed by atoms with E-state index in [-0.39, 0.29) is 22.5 Å². The Morgan fingerprint density at radius 3 is 2.48 bits per heavy atom. The minimum absolute atomic E-state index is 0.0751. The summed E-state index contributed by atoms with van der Waals surface area (Å²) < 4.78 is 47.8. The van der Waals surface area contributed by atoms with Crippen LogP contribution in [0.1, 0.15) is 11.1 Å². The van der Waals surface area contributed by atoms with Gasteiger partial charge in [0, 0.05) is 12.1 Å². The molecule has 0 spiro atoms. The van der Waals surface area contributed by atoms with Gasteiger partial charge < -0.3 is 14.8 Å². The zero-order valence-electron chi connectivity index (χ0n) is 22.3. The smallest absolute Gasteiger partial charge is 0.497 e. The molecule has 9 nitrogen and oxygen atoms in total. The van der Waals surface area contributed by atoms with Crippen molar-refractivity contribution in [2.24, 2.45) is 4.99 Å². The van der Waals surface area contributed by atoms with E-state index in [1.165, 1.54) is 47.0 Å². The van der Waals surface area contributed by atoms with E-state index in [0.29, 0.717) is 29.0 Å². The van der Waals surface area contributed by atoms with Crippen molar-refractivity contribution in [3.8, 4) is 28.6 Å². The minimum atomic E-state index is -4.75. The number of ether oxygens (including phenoxy) is 2. The third-order valence-corrected chi connectivity index (χ3v) is 7.25. The van der Waals surface area contributed by atoms with Crippen molar-refractivity contribution in [2.75, 3.05) is 17.8 Å². The van der Waals surface area contributed by atoms with E-state index in [1.54, 1.807) is 18.1 Å². The van der Waals surface area contributed by atoms with Crippen molar-refractivity contribution in [3.63, 3.8) is 0 Å². The Kier molecular flexibility index (Phi) is 8.45. The average molecular weight is 613 g/mol. The van der Waals surface area contributed by atoms with Crippen LogP contribution in [0.3, 0.4) is 0 Å². The van der Waals surface area contributed by atoms with E-state index >= 15 is 0 Å². The maximum Gasteiger partial charge on any atom is 0.573 e. The molecule has 1 fully saturated rings. The van der Waals surface area contributed by atoms with Gasteiger partial charge in [-0.05, 0) is 72.7 Å². The third kappa shape index (κ3) is 6.89. The summed E-state index contributed by atoms with van der Waals surface area (Å²) in [6.45, 7) is 2.31. The number of anilines is 1. The number of amidine groups is 1. The molecule has 4 aromatic rings. The van der Waals surface area contributed by atoms with E-state index < -0.39 is 6.36 Å². The van der Waals surface area contributed by atoms with Crippen LogP contribution in [-0.2, 0) is 11.3 Å². The van der Waals surface area contributed by atoms with Crippen molar-refractivity contribution in [2.45, 2.75) is 19.8 Å². The molecule has 42 heavy (non-hydrogen) atoms. The molecule has 1 amide bonds. The third-order valence-electron chi connectivity index (χ3n) is 6.09. The van der Waals surface area contributed by atoms with Crippen LogP contribution in [-0.4, -0.2) is 50.2 Å². The molecule has 0 bridgehead atoms. The Bertz CT molecular complexity index is 1640. The number of hydrogen-bond donors (Lipinski definition) is 1. The second kappa shape index (κ2) is 12.2. The number of nitrogens with zero attached hydrogens (tertiary/aromatic N) is 5. The van der Waals surface area contributed by atoms with Gasteiger partial charge in [0.1, 0.15) is 17.8 Å². The van der Waals surface area contributed by atoms with Crippen LogP contribution >= 0.6 is 24.0 Å². The number of aliphatic imine (C=N–C) groups is 1. The number of methoxy groups -OCH3 is 1. The molecule has 0 aliphatic carbocycles. The molecule has 1 aromatic heterocycles. The highest BCUT2D eigenvalue weighted by Crippen LogP contribution is 2.31. The summed E-state index contributed by atoms with van der Waals surface area (Å²) in [6, 6.07) is 18.3. The summed E-state index contributed by atoms with van der Waals surface area (Å²) in [7, 11) is 1.59.